The third-order valence-electron chi connectivity index (χ3n) is 5.49. The minimum atomic E-state index is 0.0451. The number of benzene rings is 1. The van der Waals surface area contributed by atoms with Gasteiger partial charge in [0.1, 0.15) is 0 Å². The fourth-order valence-electron chi connectivity index (χ4n) is 4.25. The van der Waals surface area contributed by atoms with E-state index in [9.17, 15) is 4.79 Å². The summed E-state index contributed by atoms with van der Waals surface area (Å²) < 4.78 is 5.86. The molecule has 0 aromatic heterocycles. The van der Waals surface area contributed by atoms with Crippen LogP contribution in [-0.4, -0.2) is 48.8 Å². The third kappa shape index (κ3) is 2.67. The number of amides is 2. The predicted molar refractivity (Wildman–Crippen MR) is 89.5 cm³/mol. The molecule has 2 amide bonds. The van der Waals surface area contributed by atoms with Crippen LogP contribution in [0.2, 0.25) is 0 Å². The maximum atomic E-state index is 12.9. The first-order valence-electron chi connectivity index (χ1n) is 8.63. The zero-order valence-electron chi connectivity index (χ0n) is 13.9. The summed E-state index contributed by atoms with van der Waals surface area (Å²) >= 11 is 0. The number of carbonyl (C=O) groups is 1. The molecule has 2 saturated heterocycles. The van der Waals surface area contributed by atoms with Gasteiger partial charge in [0, 0.05) is 31.9 Å². The predicted octanol–water partition coefficient (Wildman–Crippen LogP) is 2.36. The van der Waals surface area contributed by atoms with E-state index < -0.39 is 0 Å². The van der Waals surface area contributed by atoms with Crippen LogP contribution in [0, 0.1) is 0 Å². The van der Waals surface area contributed by atoms with Crippen LogP contribution < -0.4 is 10.2 Å². The molecular formula is C18H25N3O2. The summed E-state index contributed by atoms with van der Waals surface area (Å²) in [5.41, 5.74) is 2.43. The van der Waals surface area contributed by atoms with Crippen molar-refractivity contribution in [2.45, 2.75) is 57.0 Å². The lowest BCUT2D eigenvalue weighted by Gasteiger charge is -2.31. The van der Waals surface area contributed by atoms with Crippen molar-refractivity contribution in [3.63, 3.8) is 0 Å². The molecule has 1 aromatic rings. The summed E-state index contributed by atoms with van der Waals surface area (Å²) in [6.07, 6.45) is 3.78. The van der Waals surface area contributed by atoms with Gasteiger partial charge < -0.3 is 19.9 Å². The number of nitrogens with zero attached hydrogens (tertiary/aromatic N) is 2. The Bertz CT molecular complexity index is 606. The Balaban J connectivity index is 1.50. The normalized spacial score (nSPS) is 32.6. The Morgan fingerprint density at radius 3 is 2.87 bits per heavy atom. The maximum Gasteiger partial charge on any atom is 0.318 e. The molecule has 1 N–H and O–H groups in total. The van der Waals surface area contributed by atoms with E-state index in [-0.39, 0.29) is 24.2 Å². The van der Waals surface area contributed by atoms with E-state index >= 15 is 0 Å². The minimum absolute atomic E-state index is 0.0451. The number of rotatable bonds is 1. The molecule has 0 radical (unpaired) electrons. The number of anilines is 1. The zero-order chi connectivity index (χ0) is 16.0. The summed E-state index contributed by atoms with van der Waals surface area (Å²) in [6, 6.07) is 8.75. The fraction of sp³-hybridized carbons (Fsp3) is 0.611. The second kappa shape index (κ2) is 5.71. The largest absolute Gasteiger partial charge is 0.373 e. The Kier molecular flexibility index (Phi) is 3.68. The van der Waals surface area contributed by atoms with Gasteiger partial charge in [-0.25, -0.2) is 4.79 Å². The smallest absolute Gasteiger partial charge is 0.318 e. The summed E-state index contributed by atoms with van der Waals surface area (Å²) in [7, 11) is 2.10. The van der Waals surface area contributed by atoms with E-state index in [2.05, 4.69) is 42.4 Å². The Labute approximate surface area is 137 Å². The highest BCUT2D eigenvalue weighted by Gasteiger charge is 2.42. The van der Waals surface area contributed by atoms with Crippen molar-refractivity contribution in [1.82, 2.24) is 10.2 Å². The molecule has 1 aromatic carbocycles. The summed E-state index contributed by atoms with van der Waals surface area (Å²) in [5.74, 6) is 0. The van der Waals surface area contributed by atoms with E-state index in [1.165, 1.54) is 11.3 Å². The Morgan fingerprint density at radius 1 is 1.30 bits per heavy atom. The van der Waals surface area contributed by atoms with Crippen LogP contribution >= 0.6 is 0 Å². The van der Waals surface area contributed by atoms with E-state index in [0.29, 0.717) is 12.6 Å². The van der Waals surface area contributed by atoms with Gasteiger partial charge in [0.15, 0.2) is 0 Å². The van der Waals surface area contributed by atoms with Crippen LogP contribution in [0.15, 0.2) is 24.3 Å². The molecule has 0 saturated carbocycles. The summed E-state index contributed by atoms with van der Waals surface area (Å²) in [4.78, 5) is 17.1. The molecule has 4 unspecified atom stereocenters. The van der Waals surface area contributed by atoms with Gasteiger partial charge >= 0.3 is 6.03 Å². The topological polar surface area (TPSA) is 44.8 Å². The van der Waals surface area contributed by atoms with Crippen molar-refractivity contribution in [3.05, 3.63) is 29.8 Å². The molecule has 4 atom stereocenters. The van der Waals surface area contributed by atoms with Crippen molar-refractivity contribution >= 4 is 11.7 Å². The van der Waals surface area contributed by atoms with Gasteiger partial charge in [0.25, 0.3) is 0 Å². The molecule has 0 aliphatic carbocycles. The molecule has 3 heterocycles. The Hall–Kier alpha value is -1.75. The molecule has 2 bridgehead atoms. The molecular weight excluding hydrogens is 290 g/mol. The molecule has 5 heteroatoms. The molecule has 3 aliphatic heterocycles. The molecule has 4 rings (SSSR count). The van der Waals surface area contributed by atoms with E-state index in [4.69, 9.17) is 4.74 Å². The zero-order valence-corrected chi connectivity index (χ0v) is 13.9. The summed E-state index contributed by atoms with van der Waals surface area (Å²) in [5, 5.41) is 3.23. The number of likely N-dealkylation sites (N-methyl/N-ethyl adjacent to an activating group) is 1. The molecule has 23 heavy (non-hydrogen) atoms. The SMILES string of the molecule is CC1CN(C)c2ccccc2CN1C(=O)NC1CC2CCC1O2. The fourth-order valence-corrected chi connectivity index (χ4v) is 4.25. The lowest BCUT2D eigenvalue weighted by atomic mass is 9.96. The van der Waals surface area contributed by atoms with Crippen LogP contribution in [-0.2, 0) is 11.3 Å². The maximum absolute atomic E-state index is 12.9. The van der Waals surface area contributed by atoms with Crippen LogP contribution in [0.1, 0.15) is 31.7 Å². The summed E-state index contributed by atoms with van der Waals surface area (Å²) in [6.45, 7) is 3.63. The monoisotopic (exact) mass is 315 g/mol. The minimum Gasteiger partial charge on any atom is -0.373 e. The molecule has 124 valence electrons. The number of nitrogens with one attached hydrogen (secondary N) is 1. The second-order valence-electron chi connectivity index (χ2n) is 7.15. The average Bonchev–Trinajstić information content (AvgIpc) is 3.12. The van der Waals surface area contributed by atoms with Crippen LogP contribution in [0.3, 0.4) is 0 Å². The van der Waals surface area contributed by atoms with Crippen LogP contribution in [0.5, 0.6) is 0 Å². The number of para-hydroxylation sites is 1. The van der Waals surface area contributed by atoms with Gasteiger partial charge in [-0.15, -0.1) is 0 Å². The van der Waals surface area contributed by atoms with Crippen molar-refractivity contribution < 1.29 is 9.53 Å². The van der Waals surface area contributed by atoms with Gasteiger partial charge in [-0.05, 0) is 37.8 Å². The van der Waals surface area contributed by atoms with Gasteiger partial charge in [-0.2, -0.15) is 0 Å². The average molecular weight is 315 g/mol. The standard InChI is InChI=1S/C18H25N3O2/c1-12-10-20(2)16-6-4-3-5-13(16)11-21(12)18(22)19-15-9-14-7-8-17(15)23-14/h3-6,12,14-15,17H,7-11H2,1-2H3,(H,19,22). The highest BCUT2D eigenvalue weighted by atomic mass is 16.5. The quantitative estimate of drug-likeness (QED) is 0.865. The van der Waals surface area contributed by atoms with E-state index in [1.807, 2.05) is 11.0 Å². The van der Waals surface area contributed by atoms with Crippen molar-refractivity contribution in [2.24, 2.45) is 0 Å². The molecule has 0 spiro atoms. The first-order chi connectivity index (χ1) is 11.1. The molecule has 2 fully saturated rings. The number of hydrogen-bond acceptors (Lipinski definition) is 3. The molecule has 3 aliphatic rings. The first-order valence-corrected chi connectivity index (χ1v) is 8.63. The van der Waals surface area contributed by atoms with Gasteiger partial charge in [-0.3, -0.25) is 0 Å². The second-order valence-corrected chi connectivity index (χ2v) is 7.15. The number of urea groups is 1. The lowest BCUT2D eigenvalue weighted by Crippen LogP contribution is -2.51. The number of fused-ring (bicyclic) bond motifs is 3. The van der Waals surface area contributed by atoms with Crippen molar-refractivity contribution in [3.8, 4) is 0 Å². The van der Waals surface area contributed by atoms with Gasteiger partial charge in [-0.1, -0.05) is 18.2 Å². The highest BCUT2D eigenvalue weighted by molar-refractivity contribution is 5.76. The van der Waals surface area contributed by atoms with Gasteiger partial charge in [0.2, 0.25) is 0 Å². The van der Waals surface area contributed by atoms with Crippen LogP contribution in [0.4, 0.5) is 10.5 Å². The first kappa shape index (κ1) is 14.8. The highest BCUT2D eigenvalue weighted by Crippen LogP contribution is 2.34. The lowest BCUT2D eigenvalue weighted by molar-refractivity contribution is 0.0963. The van der Waals surface area contributed by atoms with E-state index in [0.717, 1.165) is 25.8 Å². The van der Waals surface area contributed by atoms with Crippen molar-refractivity contribution in [2.75, 3.05) is 18.5 Å². The number of ether oxygens (including phenoxy) is 1. The third-order valence-corrected chi connectivity index (χ3v) is 5.49. The Morgan fingerprint density at radius 2 is 2.13 bits per heavy atom. The van der Waals surface area contributed by atoms with Gasteiger partial charge in [0.05, 0.1) is 18.2 Å². The van der Waals surface area contributed by atoms with Crippen molar-refractivity contribution in [1.29, 1.82) is 0 Å². The number of hydrogen-bond donors (Lipinski definition) is 1. The molecule has 5 nitrogen and oxygen atoms in total. The van der Waals surface area contributed by atoms with E-state index in [1.54, 1.807) is 0 Å². The number of carbonyl (C=O) groups excluding carboxylic acids is 1. The van der Waals surface area contributed by atoms with Crippen LogP contribution in [0.25, 0.3) is 0 Å².